The van der Waals surface area contributed by atoms with E-state index < -0.39 is 0 Å². The van der Waals surface area contributed by atoms with Gasteiger partial charge in [-0.1, -0.05) is 115 Å². The Hall–Kier alpha value is -7.84. The van der Waals surface area contributed by atoms with Crippen molar-refractivity contribution in [2.45, 2.75) is 268 Å². The predicted molar refractivity (Wildman–Crippen MR) is 425 cm³/mol. The summed E-state index contributed by atoms with van der Waals surface area (Å²) >= 11 is 0. The Morgan fingerprint density at radius 3 is 0.922 bits per heavy atom. The zero-order valence-corrected chi connectivity index (χ0v) is 62.2. The summed E-state index contributed by atoms with van der Waals surface area (Å²) in [5, 5.41) is 54.7. The average molecular weight is 1400 g/mol. The van der Waals surface area contributed by atoms with Gasteiger partial charge in [0, 0.05) is 143 Å². The molecule has 1 aliphatic heterocycles. The van der Waals surface area contributed by atoms with Gasteiger partial charge in [-0.15, -0.1) is 0 Å². The van der Waals surface area contributed by atoms with Gasteiger partial charge in [-0.25, -0.2) is 15.0 Å². The van der Waals surface area contributed by atoms with Crippen LogP contribution in [0, 0.1) is 0 Å². The number of nitrogens with one attached hydrogen (secondary N) is 6. The normalized spacial score (nSPS) is 21.7. The van der Waals surface area contributed by atoms with Gasteiger partial charge in [0.25, 0.3) is 0 Å². The van der Waals surface area contributed by atoms with Crippen LogP contribution in [0.4, 0.5) is 34.9 Å². The lowest BCUT2D eigenvalue weighted by Gasteiger charge is -2.30. The van der Waals surface area contributed by atoms with Crippen molar-refractivity contribution < 1.29 is 15.3 Å². The fourth-order valence-corrected chi connectivity index (χ4v) is 16.6. The lowest BCUT2D eigenvalue weighted by molar-refractivity contribution is 0.111. The van der Waals surface area contributed by atoms with Crippen molar-refractivity contribution >= 4 is 68.0 Å². The van der Waals surface area contributed by atoms with Crippen LogP contribution in [0.2, 0.25) is 0 Å². The Labute approximate surface area is 611 Å². The van der Waals surface area contributed by atoms with Crippen molar-refractivity contribution in [2.24, 2.45) is 0 Å². The summed E-state index contributed by atoms with van der Waals surface area (Å²) in [4.78, 5) is 31.2. The molecule has 7 heterocycles. The maximum Gasteiger partial charge on any atom is 0.224 e. The number of rotatable bonds is 24. The number of aliphatic hydroxyl groups is 3. The number of benzene rings is 3. The Morgan fingerprint density at radius 1 is 0.359 bits per heavy atom. The molecule has 0 atom stereocenters. The summed E-state index contributed by atoms with van der Waals surface area (Å²) in [7, 11) is 2.20. The third-order valence-corrected chi connectivity index (χ3v) is 23.0. The highest BCUT2D eigenvalue weighted by molar-refractivity contribution is 5.96. The maximum absolute atomic E-state index is 10.0. The number of piperidine rings is 1. The van der Waals surface area contributed by atoms with E-state index >= 15 is 0 Å². The minimum Gasteiger partial charge on any atom is -0.393 e. The second-order valence-electron chi connectivity index (χ2n) is 30.8. The van der Waals surface area contributed by atoms with Gasteiger partial charge in [0.15, 0.2) is 0 Å². The fourth-order valence-electron chi connectivity index (χ4n) is 16.6. The summed E-state index contributed by atoms with van der Waals surface area (Å²) in [6.45, 7) is 11.5. The van der Waals surface area contributed by atoms with Crippen molar-refractivity contribution in [3.05, 3.63) is 110 Å². The van der Waals surface area contributed by atoms with Crippen LogP contribution in [0.1, 0.15) is 232 Å². The number of fused-ring (bicyclic) bond motifs is 3. The van der Waals surface area contributed by atoms with Crippen LogP contribution in [0.3, 0.4) is 0 Å². The monoisotopic (exact) mass is 1400 g/mol. The Bertz CT molecular complexity index is 3880. The van der Waals surface area contributed by atoms with E-state index in [4.69, 9.17) is 15.0 Å². The zero-order chi connectivity index (χ0) is 70.9. The number of unbranched alkanes of at least 4 members (excludes halogenated alkanes) is 3. The van der Waals surface area contributed by atoms with E-state index in [1.54, 1.807) is 0 Å². The molecule has 9 N–H and O–H groups in total. The summed E-state index contributed by atoms with van der Waals surface area (Å²) in [6, 6.07) is 29.4. The van der Waals surface area contributed by atoms with Gasteiger partial charge in [-0.2, -0.15) is 15.0 Å². The van der Waals surface area contributed by atoms with Gasteiger partial charge in [-0.05, 0) is 208 Å². The molecule has 9 aromatic rings. The molecule has 6 aromatic heterocycles. The molecule has 552 valence electrons. The minimum atomic E-state index is -0.168. The van der Waals surface area contributed by atoms with Crippen LogP contribution in [-0.2, 0) is 0 Å². The number of likely N-dealkylation sites (tertiary alicyclic amines) is 1. The van der Waals surface area contributed by atoms with E-state index in [9.17, 15) is 15.3 Å². The SMILES string of the molecule is CCCCNc1ncc2c(-c3ccc(NC4CCCCC4)cc3)cn(C3CCC(O)CC3)c2n1.CCCCNc1ncc2c(-c3ccc(NC4CCCCC4)cc3)cn(C3CCC(O)CC3)c2n1.CCCCNc1ncc2c(-c3ccc(NC4CCN(C)CC4)cc3)cn(C3CCC(O)CC3)c2n1. The zero-order valence-electron chi connectivity index (χ0n) is 62.2. The molecule has 5 saturated carbocycles. The molecule has 1 saturated heterocycles. The van der Waals surface area contributed by atoms with Crippen LogP contribution in [0.5, 0.6) is 0 Å². The van der Waals surface area contributed by atoms with Gasteiger partial charge in [0.2, 0.25) is 17.8 Å². The van der Waals surface area contributed by atoms with Crippen molar-refractivity contribution in [3.63, 3.8) is 0 Å². The van der Waals surface area contributed by atoms with E-state index in [0.29, 0.717) is 54.1 Å². The smallest absolute Gasteiger partial charge is 0.224 e. The Morgan fingerprint density at radius 2 is 0.641 bits per heavy atom. The van der Waals surface area contributed by atoms with Gasteiger partial charge in [-0.3, -0.25) is 0 Å². The second kappa shape index (κ2) is 36.2. The molecule has 6 fully saturated rings. The van der Waals surface area contributed by atoms with Crippen LogP contribution in [0.25, 0.3) is 66.5 Å². The van der Waals surface area contributed by atoms with Crippen molar-refractivity contribution in [3.8, 4) is 33.4 Å². The third-order valence-electron chi connectivity index (χ3n) is 23.0. The number of aromatic nitrogens is 9. The predicted octanol–water partition coefficient (Wildman–Crippen LogP) is 18.4. The molecule has 19 heteroatoms. The molecule has 0 radical (unpaired) electrons. The molecule has 15 rings (SSSR count). The third kappa shape index (κ3) is 19.2. The Kier molecular flexibility index (Phi) is 25.9. The Balaban J connectivity index is 0.000000138. The number of nitrogens with zero attached hydrogens (tertiary/aromatic N) is 10. The largest absolute Gasteiger partial charge is 0.393 e. The van der Waals surface area contributed by atoms with E-state index in [-0.39, 0.29) is 18.3 Å². The van der Waals surface area contributed by atoms with E-state index in [1.807, 2.05) is 18.6 Å². The number of hydrogen-bond acceptors (Lipinski definition) is 16. The molecule has 0 spiro atoms. The highest BCUT2D eigenvalue weighted by Gasteiger charge is 2.29. The quantitative estimate of drug-likeness (QED) is 0.0256. The fraction of sp³-hybridized carbons (Fsp3) is 0.571. The molecular formula is C84H118N16O3. The number of anilines is 6. The second-order valence-corrected chi connectivity index (χ2v) is 30.8. The van der Waals surface area contributed by atoms with E-state index in [2.05, 4.69) is 185 Å². The molecule has 3 aromatic carbocycles. The first-order chi connectivity index (χ1) is 50.5. The highest BCUT2D eigenvalue weighted by Crippen LogP contribution is 2.42. The first kappa shape index (κ1) is 73.5. The van der Waals surface area contributed by atoms with E-state index in [1.165, 1.54) is 127 Å². The van der Waals surface area contributed by atoms with Gasteiger partial charge >= 0.3 is 0 Å². The van der Waals surface area contributed by atoms with Crippen LogP contribution < -0.4 is 31.9 Å². The minimum absolute atomic E-state index is 0.164. The summed E-state index contributed by atoms with van der Waals surface area (Å²) in [5.41, 5.74) is 13.7. The first-order valence-corrected chi connectivity index (χ1v) is 40.2. The lowest BCUT2D eigenvalue weighted by atomic mass is 9.93. The van der Waals surface area contributed by atoms with Crippen molar-refractivity contribution in [1.29, 1.82) is 0 Å². The van der Waals surface area contributed by atoms with Crippen LogP contribution in [0.15, 0.2) is 110 Å². The number of aliphatic hydroxyl groups excluding tert-OH is 3. The summed E-state index contributed by atoms with van der Waals surface area (Å²) in [6.07, 6.45) is 45.6. The standard InChI is InChI=1S/C28H40N6O.2C28H39N5O/c1-3-4-15-29-28-30-18-25-26(19-34(27(25)32-28)23-9-11-24(35)12-10-23)20-5-7-21(8-6-20)31-22-13-16-33(2)17-14-22;2*1-2-3-17-29-28-30-18-25-26(19-33(27(25)32-28)23-13-15-24(34)16-14-23)20-9-11-22(12-10-20)31-21-7-5-4-6-8-21/h5-8,18-19,22-24,31,35H,3-4,9-17H2,1-2H3,(H,29,30,32);2*9-12,18-19,21,23-24,31,34H,2-8,13-17H2,1H3,(H,29,30,32). The highest BCUT2D eigenvalue weighted by atomic mass is 16.3. The van der Waals surface area contributed by atoms with Crippen LogP contribution >= 0.6 is 0 Å². The molecule has 0 bridgehead atoms. The van der Waals surface area contributed by atoms with Gasteiger partial charge in [0.05, 0.1) is 18.3 Å². The molecular weight excluding hydrogens is 1280 g/mol. The molecule has 0 unspecified atom stereocenters. The van der Waals surface area contributed by atoms with E-state index in [0.717, 1.165) is 181 Å². The van der Waals surface area contributed by atoms with Crippen molar-refractivity contribution in [2.75, 3.05) is 71.7 Å². The molecule has 19 nitrogen and oxygen atoms in total. The summed E-state index contributed by atoms with van der Waals surface area (Å²) < 4.78 is 7.03. The van der Waals surface area contributed by atoms with Gasteiger partial charge < -0.3 is 65.8 Å². The maximum atomic E-state index is 10.0. The van der Waals surface area contributed by atoms with Crippen LogP contribution in [-0.4, -0.2) is 140 Å². The topological polar surface area (TPSA) is 228 Å². The van der Waals surface area contributed by atoms with Crippen molar-refractivity contribution in [1.82, 2.24) is 48.5 Å². The first-order valence-electron chi connectivity index (χ1n) is 40.2. The molecule has 103 heavy (non-hydrogen) atoms. The molecule has 5 aliphatic carbocycles. The van der Waals surface area contributed by atoms with Gasteiger partial charge in [0.1, 0.15) is 16.9 Å². The number of hydrogen-bond donors (Lipinski definition) is 9. The molecule has 6 aliphatic rings. The summed E-state index contributed by atoms with van der Waals surface area (Å²) in [5.74, 6) is 2.11. The molecule has 0 amide bonds. The average Bonchev–Trinajstić information content (AvgIpc) is 1.64. The lowest BCUT2D eigenvalue weighted by Crippen LogP contribution is -2.36.